The predicted molar refractivity (Wildman–Crippen MR) is 63.2 cm³/mol. The van der Waals surface area contributed by atoms with E-state index in [2.05, 4.69) is 39.2 Å². The van der Waals surface area contributed by atoms with Gasteiger partial charge in [0.2, 0.25) is 0 Å². The van der Waals surface area contributed by atoms with Gasteiger partial charge in [0.15, 0.2) is 0 Å². The third-order valence-electron chi connectivity index (χ3n) is 3.11. The fraction of sp³-hybridized carbons (Fsp3) is 0.846. The fourth-order valence-electron chi connectivity index (χ4n) is 2.55. The van der Waals surface area contributed by atoms with Crippen LogP contribution in [0.5, 0.6) is 0 Å². The molecule has 0 bridgehead atoms. The summed E-state index contributed by atoms with van der Waals surface area (Å²) in [5.41, 5.74) is 1.79. The molecule has 82 valence electrons. The van der Waals surface area contributed by atoms with Gasteiger partial charge in [-0.15, -0.1) is 0 Å². The smallest absolute Gasteiger partial charge is 0.0226 e. The second kappa shape index (κ2) is 4.37. The Bertz CT molecular complexity index is 205. The van der Waals surface area contributed by atoms with Crippen molar-refractivity contribution >= 4 is 0 Å². The molecule has 0 spiro atoms. The van der Waals surface area contributed by atoms with Crippen LogP contribution < -0.4 is 0 Å². The lowest BCUT2D eigenvalue weighted by Gasteiger charge is -2.31. The molecule has 1 saturated heterocycles. The Labute approximate surface area is 89.2 Å². The third kappa shape index (κ3) is 3.04. The average Bonchev–Trinajstić information content (AvgIpc) is 2.28. The zero-order valence-corrected chi connectivity index (χ0v) is 10.3. The molecule has 0 aromatic heterocycles. The van der Waals surface area contributed by atoms with Gasteiger partial charge in [0, 0.05) is 18.8 Å². The summed E-state index contributed by atoms with van der Waals surface area (Å²) in [6, 6.07) is 0. The van der Waals surface area contributed by atoms with Gasteiger partial charge in [-0.2, -0.15) is 0 Å². The van der Waals surface area contributed by atoms with Crippen LogP contribution in [0.3, 0.4) is 0 Å². The molecular formula is C13H25N. The summed E-state index contributed by atoms with van der Waals surface area (Å²) in [7, 11) is 0. The first-order valence-electron chi connectivity index (χ1n) is 5.87. The summed E-state index contributed by atoms with van der Waals surface area (Å²) in [5.74, 6) is 0.805. The maximum Gasteiger partial charge on any atom is 0.0226 e. The van der Waals surface area contributed by atoms with E-state index in [4.69, 9.17) is 0 Å². The molecular weight excluding hydrogens is 170 g/mol. The van der Waals surface area contributed by atoms with Crippen LogP contribution in [0.25, 0.3) is 0 Å². The van der Waals surface area contributed by atoms with Crippen molar-refractivity contribution in [3.05, 3.63) is 12.3 Å². The zero-order chi connectivity index (χ0) is 10.8. The van der Waals surface area contributed by atoms with E-state index < -0.39 is 0 Å². The van der Waals surface area contributed by atoms with Gasteiger partial charge in [0.25, 0.3) is 0 Å². The molecule has 1 rings (SSSR count). The second-order valence-corrected chi connectivity index (χ2v) is 5.67. The van der Waals surface area contributed by atoms with Gasteiger partial charge in [-0.25, -0.2) is 0 Å². The Kier molecular flexibility index (Phi) is 3.63. The molecule has 0 radical (unpaired) electrons. The second-order valence-electron chi connectivity index (χ2n) is 5.67. The highest BCUT2D eigenvalue weighted by molar-refractivity contribution is 5.03. The van der Waals surface area contributed by atoms with Crippen molar-refractivity contribution in [1.82, 2.24) is 4.90 Å². The molecule has 0 saturated carbocycles. The quantitative estimate of drug-likeness (QED) is 0.661. The van der Waals surface area contributed by atoms with Crippen molar-refractivity contribution in [3.63, 3.8) is 0 Å². The van der Waals surface area contributed by atoms with E-state index in [1.807, 2.05) is 0 Å². The molecule has 1 atom stereocenters. The first-order valence-corrected chi connectivity index (χ1v) is 5.87. The Morgan fingerprint density at radius 3 is 2.57 bits per heavy atom. The third-order valence-corrected chi connectivity index (χ3v) is 3.11. The normalized spacial score (nSPS) is 23.3. The van der Waals surface area contributed by atoms with E-state index in [9.17, 15) is 0 Å². The monoisotopic (exact) mass is 195 g/mol. The number of rotatable bonds is 4. The largest absolute Gasteiger partial charge is 0.374 e. The summed E-state index contributed by atoms with van der Waals surface area (Å²) in [6.07, 6.45) is 3.79. The Morgan fingerprint density at radius 1 is 1.50 bits per heavy atom. The highest BCUT2D eigenvalue weighted by Gasteiger charge is 2.27. The molecule has 0 aromatic rings. The summed E-state index contributed by atoms with van der Waals surface area (Å²) in [5, 5.41) is 0. The molecule has 14 heavy (non-hydrogen) atoms. The van der Waals surface area contributed by atoms with E-state index in [0.29, 0.717) is 5.41 Å². The first kappa shape index (κ1) is 11.6. The molecule has 0 amide bonds. The van der Waals surface area contributed by atoms with E-state index in [0.717, 1.165) is 5.92 Å². The van der Waals surface area contributed by atoms with Gasteiger partial charge < -0.3 is 4.90 Å². The van der Waals surface area contributed by atoms with Crippen LogP contribution in [0.2, 0.25) is 0 Å². The minimum atomic E-state index is 0.446. The van der Waals surface area contributed by atoms with Crippen molar-refractivity contribution in [3.8, 4) is 0 Å². The topological polar surface area (TPSA) is 3.24 Å². The van der Waals surface area contributed by atoms with Gasteiger partial charge in [0.1, 0.15) is 0 Å². The molecule has 0 aliphatic carbocycles. The lowest BCUT2D eigenvalue weighted by Crippen LogP contribution is -2.31. The molecule has 1 heterocycles. The molecule has 1 nitrogen and oxygen atoms in total. The molecule has 1 heteroatoms. The maximum absolute atomic E-state index is 4.16. The van der Waals surface area contributed by atoms with Gasteiger partial charge in [-0.3, -0.25) is 0 Å². The minimum Gasteiger partial charge on any atom is -0.374 e. The summed E-state index contributed by atoms with van der Waals surface area (Å²) in [4.78, 5) is 2.49. The number of likely N-dealkylation sites (tertiary alicyclic amines) is 1. The molecule has 1 unspecified atom stereocenters. The van der Waals surface area contributed by atoms with Crippen molar-refractivity contribution in [1.29, 1.82) is 0 Å². The SMILES string of the molecule is C=C1CC(C)CN1CC(C)(C)CCC. The number of hydrogen-bond acceptors (Lipinski definition) is 1. The highest BCUT2D eigenvalue weighted by Crippen LogP contribution is 2.31. The molecule has 1 aliphatic heterocycles. The van der Waals surface area contributed by atoms with E-state index in [1.165, 1.54) is 38.0 Å². The van der Waals surface area contributed by atoms with Crippen LogP contribution in [0.1, 0.15) is 47.0 Å². The lowest BCUT2D eigenvalue weighted by molar-refractivity contribution is 0.215. The van der Waals surface area contributed by atoms with Gasteiger partial charge in [-0.1, -0.05) is 40.7 Å². The van der Waals surface area contributed by atoms with Crippen LogP contribution in [0.15, 0.2) is 12.3 Å². The Morgan fingerprint density at radius 2 is 2.14 bits per heavy atom. The minimum absolute atomic E-state index is 0.446. The van der Waals surface area contributed by atoms with E-state index in [1.54, 1.807) is 0 Å². The van der Waals surface area contributed by atoms with Crippen LogP contribution >= 0.6 is 0 Å². The summed E-state index contributed by atoms with van der Waals surface area (Å²) >= 11 is 0. The van der Waals surface area contributed by atoms with Crippen LogP contribution in [0, 0.1) is 11.3 Å². The van der Waals surface area contributed by atoms with Gasteiger partial charge >= 0.3 is 0 Å². The van der Waals surface area contributed by atoms with Crippen molar-refractivity contribution in [2.45, 2.75) is 47.0 Å². The van der Waals surface area contributed by atoms with Gasteiger partial charge in [-0.05, 0) is 24.2 Å². The van der Waals surface area contributed by atoms with E-state index in [-0.39, 0.29) is 0 Å². The van der Waals surface area contributed by atoms with Crippen molar-refractivity contribution < 1.29 is 0 Å². The first-order chi connectivity index (χ1) is 6.44. The fourth-order valence-corrected chi connectivity index (χ4v) is 2.55. The van der Waals surface area contributed by atoms with Crippen LogP contribution in [-0.4, -0.2) is 18.0 Å². The van der Waals surface area contributed by atoms with Crippen molar-refractivity contribution in [2.24, 2.45) is 11.3 Å². The molecule has 0 aromatic carbocycles. The van der Waals surface area contributed by atoms with Gasteiger partial charge in [0.05, 0.1) is 0 Å². The summed E-state index contributed by atoms with van der Waals surface area (Å²) < 4.78 is 0. The molecule has 1 fully saturated rings. The number of allylic oxidation sites excluding steroid dienone is 1. The predicted octanol–water partition coefficient (Wildman–Crippen LogP) is 3.67. The number of nitrogens with zero attached hydrogens (tertiary/aromatic N) is 1. The lowest BCUT2D eigenvalue weighted by atomic mass is 9.87. The van der Waals surface area contributed by atoms with Crippen LogP contribution in [0.4, 0.5) is 0 Å². The van der Waals surface area contributed by atoms with E-state index >= 15 is 0 Å². The standard InChI is InChI=1S/C13H25N/c1-6-7-13(4,5)10-14-9-11(2)8-12(14)3/h11H,3,6-10H2,1-2,4-5H3. The Balaban J connectivity index is 2.47. The summed E-state index contributed by atoms with van der Waals surface area (Å²) in [6.45, 7) is 15.9. The maximum atomic E-state index is 4.16. The highest BCUT2D eigenvalue weighted by atomic mass is 15.2. The van der Waals surface area contributed by atoms with Crippen molar-refractivity contribution in [2.75, 3.05) is 13.1 Å². The molecule has 0 N–H and O–H groups in total. The Hall–Kier alpha value is -0.460. The molecule has 1 aliphatic rings. The zero-order valence-electron chi connectivity index (χ0n) is 10.3. The number of hydrogen-bond donors (Lipinski definition) is 0. The average molecular weight is 195 g/mol. The van der Waals surface area contributed by atoms with Crippen LogP contribution in [-0.2, 0) is 0 Å².